The summed E-state index contributed by atoms with van der Waals surface area (Å²) in [4.78, 5) is 13.8. The van der Waals surface area contributed by atoms with E-state index in [9.17, 15) is 8.78 Å². The minimum Gasteiger partial charge on any atom is -0.374 e. The van der Waals surface area contributed by atoms with Crippen molar-refractivity contribution in [3.63, 3.8) is 0 Å². The number of ether oxygens (including phenoxy) is 1. The monoisotopic (exact) mass is 277 g/mol. The second-order valence-electron chi connectivity index (χ2n) is 3.71. The van der Waals surface area contributed by atoms with Gasteiger partial charge in [-0.05, 0) is 0 Å². The lowest BCUT2D eigenvalue weighted by Gasteiger charge is -2.13. The van der Waals surface area contributed by atoms with Crippen molar-refractivity contribution < 1.29 is 13.5 Å². The van der Waals surface area contributed by atoms with Crippen LogP contribution in [0.5, 0.6) is 0 Å². The first-order valence-corrected chi connectivity index (χ1v) is 5.52. The lowest BCUT2D eigenvalue weighted by molar-refractivity contribution is 0.0214. The number of aromatic nitrogens is 3. The van der Waals surface area contributed by atoms with E-state index in [1.165, 1.54) is 0 Å². The van der Waals surface area contributed by atoms with Crippen LogP contribution in [0.15, 0.2) is 0 Å². The number of nitrogens with one attached hydrogen (secondary N) is 2. The molecule has 1 heterocycles. The summed E-state index contributed by atoms with van der Waals surface area (Å²) in [6.07, 6.45) is -2.47. The molecule has 0 saturated carbocycles. The molecule has 0 radical (unpaired) electrons. The second kappa shape index (κ2) is 7.59. The Balaban J connectivity index is 2.50. The quantitative estimate of drug-likeness (QED) is 0.344. The van der Waals surface area contributed by atoms with E-state index in [1.54, 1.807) is 19.0 Å². The van der Waals surface area contributed by atoms with Crippen LogP contribution >= 0.6 is 0 Å². The van der Waals surface area contributed by atoms with Gasteiger partial charge in [0, 0.05) is 20.6 Å². The highest BCUT2D eigenvalue weighted by molar-refractivity contribution is 5.42. The van der Waals surface area contributed by atoms with Gasteiger partial charge in [0.2, 0.25) is 17.8 Å². The number of hydrazine groups is 1. The summed E-state index contributed by atoms with van der Waals surface area (Å²) in [7, 11) is 3.54. The van der Waals surface area contributed by atoms with Gasteiger partial charge >= 0.3 is 0 Å². The topological polar surface area (TPSA) is 101 Å². The highest BCUT2D eigenvalue weighted by Gasteiger charge is 2.07. The third kappa shape index (κ3) is 5.57. The van der Waals surface area contributed by atoms with Crippen molar-refractivity contribution in [3.05, 3.63) is 0 Å². The SMILES string of the molecule is CN(C)c1nc(NN)nc(NCCOCC(F)F)n1. The minimum atomic E-state index is -2.47. The van der Waals surface area contributed by atoms with Crippen LogP contribution in [0.25, 0.3) is 0 Å². The summed E-state index contributed by atoms with van der Waals surface area (Å²) in [5.41, 5.74) is 2.32. The lowest BCUT2D eigenvalue weighted by Crippen LogP contribution is -2.20. The van der Waals surface area contributed by atoms with E-state index >= 15 is 0 Å². The van der Waals surface area contributed by atoms with E-state index < -0.39 is 13.0 Å². The van der Waals surface area contributed by atoms with Crippen molar-refractivity contribution in [2.75, 3.05) is 49.5 Å². The summed E-state index contributed by atoms with van der Waals surface area (Å²) in [5.74, 6) is 6.14. The van der Waals surface area contributed by atoms with Gasteiger partial charge in [-0.2, -0.15) is 15.0 Å². The zero-order valence-electron chi connectivity index (χ0n) is 10.7. The summed E-state index contributed by atoms with van der Waals surface area (Å²) < 4.78 is 28.4. The number of nitrogen functional groups attached to an aromatic ring is 1. The molecule has 0 saturated heterocycles. The van der Waals surface area contributed by atoms with Crippen molar-refractivity contribution in [1.29, 1.82) is 0 Å². The molecule has 10 heteroatoms. The standard InChI is InChI=1S/C9H17F2N7O/c1-18(2)9-15-7(14-8(16-9)17-12)13-3-4-19-5-6(10)11/h6H,3-5,12H2,1-2H3,(H2,13,14,15,16,17). The molecule has 19 heavy (non-hydrogen) atoms. The Kier molecular flexibility index (Phi) is 6.09. The predicted octanol–water partition coefficient (Wildman–Crippen LogP) is -0.0832. The summed E-state index contributed by atoms with van der Waals surface area (Å²) >= 11 is 0. The molecule has 4 N–H and O–H groups in total. The molecule has 0 spiro atoms. The van der Waals surface area contributed by atoms with Crippen LogP contribution in [0.3, 0.4) is 0 Å². The normalized spacial score (nSPS) is 10.6. The first-order valence-electron chi connectivity index (χ1n) is 5.52. The first-order chi connectivity index (χ1) is 9.02. The Morgan fingerprint density at radius 1 is 1.26 bits per heavy atom. The van der Waals surface area contributed by atoms with Crippen LogP contribution in [0.4, 0.5) is 26.6 Å². The minimum absolute atomic E-state index is 0.124. The van der Waals surface area contributed by atoms with Gasteiger partial charge in [-0.25, -0.2) is 14.6 Å². The smallest absolute Gasteiger partial charge is 0.261 e. The van der Waals surface area contributed by atoms with E-state index in [0.717, 1.165) is 0 Å². The molecular weight excluding hydrogens is 260 g/mol. The summed E-state index contributed by atoms with van der Waals surface area (Å²) in [6, 6.07) is 0. The highest BCUT2D eigenvalue weighted by atomic mass is 19.3. The fourth-order valence-electron chi connectivity index (χ4n) is 1.12. The van der Waals surface area contributed by atoms with E-state index in [1.807, 2.05) is 0 Å². The number of hydrogen-bond acceptors (Lipinski definition) is 8. The molecule has 0 unspecified atom stereocenters. The Labute approximate surface area is 109 Å². The summed E-state index contributed by atoms with van der Waals surface area (Å²) in [5, 5.41) is 2.83. The molecular formula is C9H17F2N7O. The Morgan fingerprint density at radius 3 is 2.53 bits per heavy atom. The van der Waals surface area contributed by atoms with Gasteiger partial charge in [0.25, 0.3) is 6.43 Å². The molecule has 0 fully saturated rings. The van der Waals surface area contributed by atoms with E-state index in [-0.39, 0.29) is 18.5 Å². The van der Waals surface area contributed by atoms with E-state index in [4.69, 9.17) is 10.6 Å². The van der Waals surface area contributed by atoms with E-state index in [0.29, 0.717) is 12.5 Å². The second-order valence-corrected chi connectivity index (χ2v) is 3.71. The molecule has 1 aromatic rings. The Hall–Kier alpha value is -1.81. The number of nitrogens with zero attached hydrogens (tertiary/aromatic N) is 4. The third-order valence-electron chi connectivity index (χ3n) is 1.93. The fourth-order valence-corrected chi connectivity index (χ4v) is 1.12. The zero-order valence-corrected chi connectivity index (χ0v) is 10.7. The van der Waals surface area contributed by atoms with Crippen molar-refractivity contribution in [3.8, 4) is 0 Å². The van der Waals surface area contributed by atoms with Gasteiger partial charge in [-0.15, -0.1) is 0 Å². The number of hydrogen-bond donors (Lipinski definition) is 3. The predicted molar refractivity (Wildman–Crippen MR) is 67.3 cm³/mol. The van der Waals surface area contributed by atoms with Crippen LogP contribution in [0.1, 0.15) is 0 Å². The van der Waals surface area contributed by atoms with Crippen molar-refractivity contribution >= 4 is 17.8 Å². The lowest BCUT2D eigenvalue weighted by atomic mass is 10.6. The Bertz CT molecular complexity index is 391. The molecule has 0 aliphatic carbocycles. The molecule has 1 aromatic heterocycles. The average molecular weight is 277 g/mol. The molecule has 108 valence electrons. The third-order valence-corrected chi connectivity index (χ3v) is 1.93. The zero-order chi connectivity index (χ0) is 14.3. The van der Waals surface area contributed by atoms with Crippen molar-refractivity contribution in [2.45, 2.75) is 6.43 Å². The van der Waals surface area contributed by atoms with Crippen LogP contribution in [0, 0.1) is 0 Å². The number of halogens is 2. The van der Waals surface area contributed by atoms with Gasteiger partial charge in [0.15, 0.2) is 0 Å². The molecule has 8 nitrogen and oxygen atoms in total. The maximum atomic E-state index is 11.8. The van der Waals surface area contributed by atoms with Crippen LogP contribution < -0.4 is 21.5 Å². The number of rotatable bonds is 8. The van der Waals surface area contributed by atoms with Crippen molar-refractivity contribution in [2.24, 2.45) is 5.84 Å². The maximum absolute atomic E-state index is 11.8. The number of anilines is 3. The first kappa shape index (κ1) is 15.2. The molecule has 0 bridgehead atoms. The molecule has 0 atom stereocenters. The molecule has 0 aliphatic heterocycles. The van der Waals surface area contributed by atoms with Gasteiger partial charge < -0.3 is 15.0 Å². The summed E-state index contributed by atoms with van der Waals surface area (Å²) in [6.45, 7) is -0.163. The van der Waals surface area contributed by atoms with Gasteiger partial charge in [-0.1, -0.05) is 0 Å². The number of alkyl halides is 2. The molecule has 0 amide bonds. The van der Waals surface area contributed by atoms with E-state index in [2.05, 4.69) is 25.7 Å². The van der Waals surface area contributed by atoms with Crippen LogP contribution in [-0.2, 0) is 4.74 Å². The molecule has 0 aromatic carbocycles. The van der Waals surface area contributed by atoms with Gasteiger partial charge in [-0.3, -0.25) is 5.43 Å². The van der Waals surface area contributed by atoms with Gasteiger partial charge in [0.1, 0.15) is 6.61 Å². The molecule has 1 rings (SSSR count). The van der Waals surface area contributed by atoms with Crippen LogP contribution in [-0.4, -0.2) is 55.2 Å². The fraction of sp³-hybridized carbons (Fsp3) is 0.667. The largest absolute Gasteiger partial charge is 0.374 e. The van der Waals surface area contributed by atoms with Gasteiger partial charge in [0.05, 0.1) is 6.61 Å². The van der Waals surface area contributed by atoms with Crippen LogP contribution in [0.2, 0.25) is 0 Å². The highest BCUT2D eigenvalue weighted by Crippen LogP contribution is 2.10. The van der Waals surface area contributed by atoms with Crippen molar-refractivity contribution in [1.82, 2.24) is 15.0 Å². The average Bonchev–Trinajstić information content (AvgIpc) is 2.37. The Morgan fingerprint density at radius 2 is 1.95 bits per heavy atom. The molecule has 0 aliphatic rings. The maximum Gasteiger partial charge on any atom is 0.261 e. The number of nitrogens with two attached hydrogens (primary N) is 1.